The molecule has 2 atom stereocenters. The van der Waals surface area contributed by atoms with E-state index in [2.05, 4.69) is 17.6 Å². The lowest BCUT2D eigenvalue weighted by molar-refractivity contribution is -0.143. The molecule has 3 amide bonds. The second-order valence-corrected chi connectivity index (χ2v) is 11.6. The van der Waals surface area contributed by atoms with Crippen LogP contribution in [0.1, 0.15) is 88.1 Å². The fourth-order valence-electron chi connectivity index (χ4n) is 4.61. The van der Waals surface area contributed by atoms with Gasteiger partial charge in [-0.3, -0.25) is 9.59 Å². The molecule has 1 fully saturated rings. The highest BCUT2D eigenvalue weighted by molar-refractivity contribution is 5.92. The number of hydrogen-bond donors (Lipinski definition) is 2. The predicted octanol–water partition coefficient (Wildman–Crippen LogP) is 5.78. The summed E-state index contributed by atoms with van der Waals surface area (Å²) in [5.41, 5.74) is 3.17. The number of amides is 3. The average Bonchev–Trinajstić information content (AvgIpc) is 3.71. The summed E-state index contributed by atoms with van der Waals surface area (Å²) >= 11 is 0. The second kappa shape index (κ2) is 13.6. The van der Waals surface area contributed by atoms with Gasteiger partial charge in [0.25, 0.3) is 0 Å². The molecule has 2 N–H and O–H groups in total. The molecule has 0 heterocycles. The van der Waals surface area contributed by atoms with Gasteiger partial charge < -0.3 is 20.3 Å². The Bertz CT molecular complexity index is 1120. The summed E-state index contributed by atoms with van der Waals surface area (Å²) in [6.07, 6.45) is 4.25. The number of ether oxygens (including phenoxy) is 1. The molecule has 7 nitrogen and oxygen atoms in total. The standard InChI is InChI=1S/C32H45N3O4/c1-7-8-12-19-33-29(36)28(25-16-15-22(2)23(3)20-25)35(26-17-18-26)30(37)27(21-24-13-10-9-11-14-24)34-31(38)39-32(4,5)6/h9-11,13-16,20,26-28H,7-8,12,17-19,21H2,1-6H3,(H,33,36)(H,34,38). The van der Waals surface area contributed by atoms with Crippen molar-refractivity contribution in [2.45, 2.75) is 104 Å². The number of nitrogens with one attached hydrogen (secondary N) is 2. The highest BCUT2D eigenvalue weighted by Crippen LogP contribution is 2.36. The van der Waals surface area contributed by atoms with Crippen molar-refractivity contribution in [1.29, 1.82) is 0 Å². The largest absolute Gasteiger partial charge is 0.444 e. The van der Waals surface area contributed by atoms with Crippen LogP contribution in [0.4, 0.5) is 4.79 Å². The van der Waals surface area contributed by atoms with Crippen LogP contribution in [0.15, 0.2) is 48.5 Å². The molecule has 3 rings (SSSR count). The van der Waals surface area contributed by atoms with Gasteiger partial charge in [0, 0.05) is 19.0 Å². The summed E-state index contributed by atoms with van der Waals surface area (Å²) in [5, 5.41) is 5.91. The molecule has 212 valence electrons. The van der Waals surface area contributed by atoms with E-state index in [9.17, 15) is 14.4 Å². The molecule has 0 aliphatic heterocycles. The van der Waals surface area contributed by atoms with E-state index in [1.54, 1.807) is 25.7 Å². The van der Waals surface area contributed by atoms with Gasteiger partial charge in [-0.1, -0.05) is 68.3 Å². The number of nitrogens with zero attached hydrogens (tertiary/aromatic N) is 1. The normalized spacial score (nSPS) is 14.7. The van der Waals surface area contributed by atoms with Crippen molar-refractivity contribution >= 4 is 17.9 Å². The minimum atomic E-state index is -0.884. The zero-order chi connectivity index (χ0) is 28.6. The number of carbonyl (C=O) groups is 3. The molecular weight excluding hydrogens is 490 g/mol. The summed E-state index contributed by atoms with van der Waals surface area (Å²) in [4.78, 5) is 42.7. The molecule has 0 spiro atoms. The Hall–Kier alpha value is -3.35. The van der Waals surface area contributed by atoms with Gasteiger partial charge in [0.15, 0.2) is 0 Å². The quantitative estimate of drug-likeness (QED) is 0.337. The highest BCUT2D eigenvalue weighted by atomic mass is 16.6. The number of carbonyl (C=O) groups excluding carboxylic acids is 3. The van der Waals surface area contributed by atoms with Crippen molar-refractivity contribution in [3.8, 4) is 0 Å². The third kappa shape index (κ3) is 9.12. The van der Waals surface area contributed by atoms with Crippen LogP contribution < -0.4 is 10.6 Å². The van der Waals surface area contributed by atoms with Crippen molar-refractivity contribution in [3.05, 3.63) is 70.8 Å². The van der Waals surface area contributed by atoms with E-state index in [4.69, 9.17) is 4.74 Å². The van der Waals surface area contributed by atoms with Crippen molar-refractivity contribution in [2.75, 3.05) is 6.54 Å². The first-order valence-corrected chi connectivity index (χ1v) is 14.2. The molecule has 2 aromatic carbocycles. The van der Waals surface area contributed by atoms with Gasteiger partial charge in [-0.25, -0.2) is 4.79 Å². The maximum Gasteiger partial charge on any atom is 0.408 e. The Morgan fingerprint density at radius 2 is 1.69 bits per heavy atom. The van der Waals surface area contributed by atoms with Gasteiger partial charge in [-0.05, 0) is 76.1 Å². The van der Waals surface area contributed by atoms with Crippen LogP contribution in [0.5, 0.6) is 0 Å². The molecule has 7 heteroatoms. The number of unbranched alkanes of at least 4 members (excludes halogenated alkanes) is 2. The number of rotatable bonds is 12. The fourth-order valence-corrected chi connectivity index (χ4v) is 4.61. The fraction of sp³-hybridized carbons (Fsp3) is 0.531. The van der Waals surface area contributed by atoms with Gasteiger partial charge in [0.2, 0.25) is 11.8 Å². The Morgan fingerprint density at radius 1 is 1.00 bits per heavy atom. The molecule has 1 saturated carbocycles. The van der Waals surface area contributed by atoms with Crippen LogP contribution in [0.25, 0.3) is 0 Å². The van der Waals surface area contributed by atoms with Gasteiger partial charge in [0.1, 0.15) is 17.7 Å². The van der Waals surface area contributed by atoms with E-state index in [0.717, 1.165) is 54.4 Å². The molecule has 0 saturated heterocycles. The lowest BCUT2D eigenvalue weighted by Crippen LogP contribution is -2.54. The second-order valence-electron chi connectivity index (χ2n) is 11.6. The summed E-state index contributed by atoms with van der Waals surface area (Å²) in [6.45, 7) is 12.1. The molecule has 2 unspecified atom stereocenters. The van der Waals surface area contributed by atoms with Crippen LogP contribution in [-0.4, -0.2) is 47.0 Å². The molecule has 0 radical (unpaired) electrons. The van der Waals surface area contributed by atoms with E-state index in [1.807, 2.05) is 62.4 Å². The molecule has 1 aliphatic carbocycles. The summed E-state index contributed by atoms with van der Waals surface area (Å²) < 4.78 is 5.51. The van der Waals surface area contributed by atoms with Gasteiger partial charge in [-0.2, -0.15) is 0 Å². The minimum Gasteiger partial charge on any atom is -0.444 e. The SMILES string of the molecule is CCCCCNC(=O)C(c1ccc(C)c(C)c1)N(C(=O)C(Cc1ccccc1)NC(=O)OC(C)(C)C)C1CC1. The van der Waals surface area contributed by atoms with E-state index in [0.29, 0.717) is 13.0 Å². The molecule has 0 aromatic heterocycles. The zero-order valence-corrected chi connectivity index (χ0v) is 24.4. The lowest BCUT2D eigenvalue weighted by atomic mass is 9.97. The van der Waals surface area contributed by atoms with Crippen LogP contribution >= 0.6 is 0 Å². The van der Waals surface area contributed by atoms with E-state index in [-0.39, 0.29) is 17.9 Å². The third-order valence-corrected chi connectivity index (χ3v) is 6.92. The molecule has 1 aliphatic rings. The molecule has 39 heavy (non-hydrogen) atoms. The summed E-state index contributed by atoms with van der Waals surface area (Å²) in [6, 6.07) is 13.8. The Labute approximate surface area is 233 Å². The molecule has 0 bridgehead atoms. The first kappa shape index (κ1) is 30.2. The summed E-state index contributed by atoms with van der Waals surface area (Å²) in [5.74, 6) is -0.468. The van der Waals surface area contributed by atoms with Crippen LogP contribution in [0, 0.1) is 13.8 Å². The molecule has 2 aromatic rings. The van der Waals surface area contributed by atoms with Crippen molar-refractivity contribution in [1.82, 2.24) is 15.5 Å². The Balaban J connectivity index is 1.98. The lowest BCUT2D eigenvalue weighted by Gasteiger charge is -2.35. The van der Waals surface area contributed by atoms with Crippen molar-refractivity contribution in [2.24, 2.45) is 0 Å². The number of hydrogen-bond acceptors (Lipinski definition) is 4. The predicted molar refractivity (Wildman–Crippen MR) is 154 cm³/mol. The number of alkyl carbamates (subject to hydrolysis) is 1. The van der Waals surface area contributed by atoms with E-state index in [1.165, 1.54) is 0 Å². The van der Waals surface area contributed by atoms with Crippen LogP contribution in [0.2, 0.25) is 0 Å². The Kier molecular flexibility index (Phi) is 10.6. The Morgan fingerprint density at radius 3 is 2.28 bits per heavy atom. The van der Waals surface area contributed by atoms with Crippen molar-refractivity contribution < 1.29 is 19.1 Å². The van der Waals surface area contributed by atoms with Crippen LogP contribution in [-0.2, 0) is 20.7 Å². The van der Waals surface area contributed by atoms with Gasteiger partial charge >= 0.3 is 6.09 Å². The monoisotopic (exact) mass is 535 g/mol. The molecular formula is C32H45N3O4. The van der Waals surface area contributed by atoms with Gasteiger partial charge in [0.05, 0.1) is 0 Å². The number of aryl methyl sites for hydroxylation is 2. The topological polar surface area (TPSA) is 87.7 Å². The first-order valence-electron chi connectivity index (χ1n) is 14.2. The van der Waals surface area contributed by atoms with E-state index >= 15 is 0 Å². The van der Waals surface area contributed by atoms with Gasteiger partial charge in [-0.15, -0.1) is 0 Å². The maximum absolute atomic E-state index is 14.4. The zero-order valence-electron chi connectivity index (χ0n) is 24.4. The smallest absolute Gasteiger partial charge is 0.408 e. The minimum absolute atomic E-state index is 0.0655. The third-order valence-electron chi connectivity index (χ3n) is 6.92. The van der Waals surface area contributed by atoms with E-state index < -0.39 is 23.8 Å². The van der Waals surface area contributed by atoms with Crippen LogP contribution in [0.3, 0.4) is 0 Å². The van der Waals surface area contributed by atoms with Crippen molar-refractivity contribution in [3.63, 3.8) is 0 Å². The highest BCUT2D eigenvalue weighted by Gasteiger charge is 2.44. The average molecular weight is 536 g/mol. The number of benzene rings is 2. The summed E-state index contributed by atoms with van der Waals surface area (Å²) in [7, 11) is 0. The maximum atomic E-state index is 14.4. The first-order chi connectivity index (χ1) is 18.5.